The third-order valence-corrected chi connectivity index (χ3v) is 8.96. The summed E-state index contributed by atoms with van der Waals surface area (Å²) in [6.45, 7) is 0.642. The number of fused-ring (bicyclic) bond motifs is 1. The number of hydrogen-bond acceptors (Lipinski definition) is 5. The number of imidazole rings is 1. The highest BCUT2D eigenvalue weighted by molar-refractivity contribution is 7.99. The summed E-state index contributed by atoms with van der Waals surface area (Å²) in [5.74, 6) is 0.495. The first-order valence-electron chi connectivity index (χ1n) is 10.7. The fraction of sp³-hybridized carbons (Fsp3) is 0.391. The van der Waals surface area contributed by atoms with Gasteiger partial charge in [0.2, 0.25) is 5.91 Å². The first-order valence-corrected chi connectivity index (χ1v) is 13.9. The summed E-state index contributed by atoms with van der Waals surface area (Å²) in [5, 5.41) is 1.38. The lowest BCUT2D eigenvalue weighted by molar-refractivity contribution is -0.130. The molecule has 0 radical (unpaired) electrons. The molecule has 9 heteroatoms. The maximum atomic E-state index is 13.2. The molecule has 2 heterocycles. The van der Waals surface area contributed by atoms with Crippen molar-refractivity contribution in [2.75, 3.05) is 17.3 Å². The van der Waals surface area contributed by atoms with Crippen molar-refractivity contribution in [1.82, 2.24) is 14.5 Å². The molecule has 2 fully saturated rings. The van der Waals surface area contributed by atoms with E-state index in [4.69, 9.17) is 16.6 Å². The lowest BCUT2D eigenvalue weighted by atomic mass is 10.2. The summed E-state index contributed by atoms with van der Waals surface area (Å²) < 4.78 is 26.0. The van der Waals surface area contributed by atoms with Crippen molar-refractivity contribution in [1.29, 1.82) is 0 Å². The van der Waals surface area contributed by atoms with Crippen LogP contribution < -0.4 is 0 Å². The van der Waals surface area contributed by atoms with Gasteiger partial charge in [-0.25, -0.2) is 13.4 Å². The second-order valence-electron chi connectivity index (χ2n) is 8.48. The Hall–Kier alpha value is -2.03. The zero-order chi connectivity index (χ0) is 22.3. The molecule has 1 saturated carbocycles. The number of benzene rings is 2. The third-order valence-electron chi connectivity index (χ3n) is 6.01. The van der Waals surface area contributed by atoms with Crippen molar-refractivity contribution in [3.05, 3.63) is 59.1 Å². The molecule has 3 aromatic rings. The van der Waals surface area contributed by atoms with Crippen molar-refractivity contribution >= 4 is 50.1 Å². The molecule has 1 saturated heterocycles. The highest BCUT2D eigenvalue weighted by Gasteiger charge is 2.42. The van der Waals surface area contributed by atoms with E-state index in [9.17, 15) is 13.2 Å². The van der Waals surface area contributed by atoms with Gasteiger partial charge in [0.1, 0.15) is 0 Å². The number of hydrogen-bond donors (Lipinski definition) is 0. The highest BCUT2D eigenvalue weighted by Crippen LogP contribution is 2.34. The second kappa shape index (κ2) is 8.72. The molecule has 1 aromatic heterocycles. The van der Waals surface area contributed by atoms with Crippen molar-refractivity contribution in [2.24, 2.45) is 0 Å². The van der Waals surface area contributed by atoms with Gasteiger partial charge in [-0.15, -0.1) is 0 Å². The van der Waals surface area contributed by atoms with Gasteiger partial charge in [0.15, 0.2) is 15.0 Å². The summed E-state index contributed by atoms with van der Waals surface area (Å²) in [6.07, 6.45) is 2.45. The number of thioether (sulfide) groups is 1. The van der Waals surface area contributed by atoms with Gasteiger partial charge in [0.25, 0.3) is 0 Å². The van der Waals surface area contributed by atoms with Crippen LogP contribution in [0.4, 0.5) is 0 Å². The zero-order valence-electron chi connectivity index (χ0n) is 17.5. The number of halogens is 1. The number of carbonyl (C=O) groups is 1. The van der Waals surface area contributed by atoms with E-state index in [2.05, 4.69) is 16.7 Å². The fourth-order valence-corrected chi connectivity index (χ4v) is 7.12. The van der Waals surface area contributed by atoms with Crippen LogP contribution in [0.1, 0.15) is 24.8 Å². The van der Waals surface area contributed by atoms with Gasteiger partial charge >= 0.3 is 0 Å². The van der Waals surface area contributed by atoms with Gasteiger partial charge in [0, 0.05) is 17.1 Å². The van der Waals surface area contributed by atoms with E-state index in [-0.39, 0.29) is 35.2 Å². The highest BCUT2D eigenvalue weighted by atomic mass is 35.5. The Morgan fingerprint density at radius 3 is 2.59 bits per heavy atom. The SMILES string of the molecule is O=C(CSc1nc2cc(Cl)ccc2n1Cc1ccccc1)N(C1CC1)[C@@H]1CCS(=O)(=O)C1. The lowest BCUT2D eigenvalue weighted by Gasteiger charge is -2.28. The van der Waals surface area contributed by atoms with E-state index >= 15 is 0 Å². The molecule has 5 rings (SSSR count). The van der Waals surface area contributed by atoms with Crippen molar-refractivity contribution in [2.45, 2.75) is 43.0 Å². The summed E-state index contributed by atoms with van der Waals surface area (Å²) in [7, 11) is -3.04. The quantitative estimate of drug-likeness (QED) is 0.469. The molecule has 1 amide bonds. The summed E-state index contributed by atoms with van der Waals surface area (Å²) in [4.78, 5) is 19.8. The molecular formula is C23H24ClN3O3S2. The summed E-state index contributed by atoms with van der Waals surface area (Å²) in [6, 6.07) is 15.8. The standard InChI is InChI=1S/C23H24ClN3O3S2/c24-17-6-9-21-20(12-17)25-23(26(21)13-16-4-2-1-3-5-16)31-14-22(28)27(18-7-8-18)19-10-11-32(29,30)15-19/h1-6,9,12,18-19H,7-8,10-11,13-15H2/t19-/m1/s1. The van der Waals surface area contributed by atoms with Gasteiger partial charge < -0.3 is 9.47 Å². The Balaban J connectivity index is 1.38. The van der Waals surface area contributed by atoms with E-state index in [0.717, 1.165) is 34.6 Å². The molecule has 0 spiro atoms. The van der Waals surface area contributed by atoms with Crippen LogP contribution in [0, 0.1) is 0 Å². The molecule has 1 atom stereocenters. The van der Waals surface area contributed by atoms with Crippen LogP contribution >= 0.6 is 23.4 Å². The van der Waals surface area contributed by atoms with Crippen LogP contribution in [0.15, 0.2) is 53.7 Å². The maximum Gasteiger partial charge on any atom is 0.233 e. The van der Waals surface area contributed by atoms with Crippen LogP contribution in [0.25, 0.3) is 11.0 Å². The molecule has 0 N–H and O–H groups in total. The summed E-state index contributed by atoms with van der Waals surface area (Å²) in [5.41, 5.74) is 2.91. The molecule has 168 valence electrons. The molecule has 0 unspecified atom stereocenters. The predicted molar refractivity (Wildman–Crippen MR) is 128 cm³/mol. The Kier molecular flexibility index (Phi) is 5.94. The number of amides is 1. The Bertz CT molecular complexity index is 1260. The topological polar surface area (TPSA) is 72.3 Å². The number of carbonyl (C=O) groups excluding carboxylic acids is 1. The van der Waals surface area contributed by atoms with Gasteiger partial charge in [-0.05, 0) is 43.0 Å². The van der Waals surface area contributed by atoms with Crippen molar-refractivity contribution < 1.29 is 13.2 Å². The molecule has 0 bridgehead atoms. The smallest absolute Gasteiger partial charge is 0.233 e. The fourth-order valence-electron chi connectivity index (χ4n) is 4.36. The van der Waals surface area contributed by atoms with E-state index in [0.29, 0.717) is 18.0 Å². The van der Waals surface area contributed by atoms with Crippen LogP contribution in [0.2, 0.25) is 5.02 Å². The van der Waals surface area contributed by atoms with Crippen molar-refractivity contribution in [3.8, 4) is 0 Å². The monoisotopic (exact) mass is 489 g/mol. The number of aromatic nitrogens is 2. The molecule has 32 heavy (non-hydrogen) atoms. The first-order chi connectivity index (χ1) is 15.4. The van der Waals surface area contributed by atoms with E-state index in [1.165, 1.54) is 11.8 Å². The number of rotatable bonds is 7. The minimum Gasteiger partial charge on any atom is -0.335 e. The molecular weight excluding hydrogens is 466 g/mol. The van der Waals surface area contributed by atoms with Crippen LogP contribution in [0.5, 0.6) is 0 Å². The molecule has 2 aromatic carbocycles. The van der Waals surface area contributed by atoms with Gasteiger partial charge in [-0.3, -0.25) is 4.79 Å². The van der Waals surface area contributed by atoms with E-state index in [1.807, 2.05) is 41.3 Å². The van der Waals surface area contributed by atoms with Crippen LogP contribution in [-0.2, 0) is 21.2 Å². The minimum absolute atomic E-state index is 0.00375. The first kappa shape index (κ1) is 21.8. The van der Waals surface area contributed by atoms with Gasteiger partial charge in [0.05, 0.1) is 34.8 Å². The average Bonchev–Trinajstić information content (AvgIpc) is 3.45. The second-order valence-corrected chi connectivity index (χ2v) is 12.1. The van der Waals surface area contributed by atoms with E-state index < -0.39 is 9.84 Å². The molecule has 1 aliphatic carbocycles. The largest absolute Gasteiger partial charge is 0.335 e. The summed E-state index contributed by atoms with van der Waals surface area (Å²) >= 11 is 7.59. The molecule has 1 aliphatic heterocycles. The van der Waals surface area contributed by atoms with Crippen LogP contribution in [-0.4, -0.2) is 58.1 Å². The normalized spacial score (nSPS) is 20.0. The molecule has 6 nitrogen and oxygen atoms in total. The number of nitrogens with zero attached hydrogens (tertiary/aromatic N) is 3. The van der Waals surface area contributed by atoms with Crippen molar-refractivity contribution in [3.63, 3.8) is 0 Å². The Morgan fingerprint density at radius 1 is 1.12 bits per heavy atom. The Morgan fingerprint density at radius 2 is 1.91 bits per heavy atom. The lowest BCUT2D eigenvalue weighted by Crippen LogP contribution is -2.43. The molecule has 2 aliphatic rings. The number of sulfone groups is 1. The third kappa shape index (κ3) is 4.67. The van der Waals surface area contributed by atoms with E-state index in [1.54, 1.807) is 0 Å². The minimum atomic E-state index is -3.04. The zero-order valence-corrected chi connectivity index (χ0v) is 19.9. The Labute approximate surface area is 196 Å². The van der Waals surface area contributed by atoms with Gasteiger partial charge in [-0.2, -0.15) is 0 Å². The average molecular weight is 490 g/mol. The maximum absolute atomic E-state index is 13.2. The van der Waals surface area contributed by atoms with Gasteiger partial charge in [-0.1, -0.05) is 53.7 Å². The predicted octanol–water partition coefficient (Wildman–Crippen LogP) is 4.01. The van der Waals surface area contributed by atoms with Crippen LogP contribution in [0.3, 0.4) is 0 Å².